The Morgan fingerprint density at radius 1 is 1.20 bits per heavy atom. The van der Waals surface area contributed by atoms with Crippen LogP contribution in [0.25, 0.3) is 0 Å². The fourth-order valence-corrected chi connectivity index (χ4v) is 2.71. The molecule has 2 atom stereocenters. The van der Waals surface area contributed by atoms with Gasteiger partial charge in [0.15, 0.2) is 0 Å². The number of carboxylic acid groups (broad SMARTS) is 1. The fourth-order valence-electron chi connectivity index (χ4n) is 2.71. The van der Waals surface area contributed by atoms with E-state index in [-0.39, 0.29) is 6.54 Å². The first kappa shape index (κ1) is 16.8. The Hall–Kier alpha value is -1.27. The van der Waals surface area contributed by atoms with Crippen LogP contribution in [0.1, 0.15) is 39.0 Å². The summed E-state index contributed by atoms with van der Waals surface area (Å²) in [6.45, 7) is 0.385. The summed E-state index contributed by atoms with van der Waals surface area (Å²) in [6, 6.07) is 0. The number of rotatable bonds is 5. The molecule has 0 heterocycles. The van der Waals surface area contributed by atoms with Crippen LogP contribution in [0.2, 0.25) is 0 Å². The Balaban J connectivity index is 2.83. The molecule has 1 aliphatic rings. The summed E-state index contributed by atoms with van der Waals surface area (Å²) in [7, 11) is 0. The number of amides is 1. The Morgan fingerprint density at radius 2 is 1.75 bits per heavy atom. The number of hydrogen-bond donors (Lipinski definition) is 1. The van der Waals surface area contributed by atoms with E-state index in [0.29, 0.717) is 32.1 Å². The molecular formula is C13H20F3NO3. The van der Waals surface area contributed by atoms with Gasteiger partial charge in [-0.25, -0.2) is 0 Å². The van der Waals surface area contributed by atoms with Gasteiger partial charge in [0.25, 0.3) is 0 Å². The molecule has 1 rings (SSSR count). The summed E-state index contributed by atoms with van der Waals surface area (Å²) in [5.41, 5.74) is 0. The number of alkyl halides is 3. The van der Waals surface area contributed by atoms with Crippen molar-refractivity contribution in [2.75, 3.05) is 13.1 Å². The van der Waals surface area contributed by atoms with Crippen LogP contribution in [-0.4, -0.2) is 41.1 Å². The van der Waals surface area contributed by atoms with E-state index in [4.69, 9.17) is 5.11 Å². The van der Waals surface area contributed by atoms with Gasteiger partial charge in [0.05, 0.1) is 11.8 Å². The van der Waals surface area contributed by atoms with Gasteiger partial charge < -0.3 is 10.0 Å². The molecule has 1 amide bonds. The lowest BCUT2D eigenvalue weighted by Crippen LogP contribution is -2.46. The summed E-state index contributed by atoms with van der Waals surface area (Å²) in [4.78, 5) is 24.1. The number of aliphatic carboxylic acids is 1. The molecule has 0 spiro atoms. The molecule has 20 heavy (non-hydrogen) atoms. The fraction of sp³-hybridized carbons (Fsp3) is 0.846. The van der Waals surface area contributed by atoms with Crippen molar-refractivity contribution in [3.05, 3.63) is 0 Å². The van der Waals surface area contributed by atoms with Gasteiger partial charge in [0.2, 0.25) is 5.91 Å². The van der Waals surface area contributed by atoms with Crippen molar-refractivity contribution in [1.29, 1.82) is 0 Å². The van der Waals surface area contributed by atoms with Gasteiger partial charge in [0.1, 0.15) is 6.54 Å². The maximum atomic E-state index is 12.5. The summed E-state index contributed by atoms with van der Waals surface area (Å²) in [5, 5.41) is 9.11. The van der Waals surface area contributed by atoms with Crippen molar-refractivity contribution < 1.29 is 27.9 Å². The molecule has 1 N–H and O–H groups in total. The normalized spacial score (nSPS) is 23.4. The number of carbonyl (C=O) groups is 2. The molecule has 1 saturated carbocycles. The first-order valence-electron chi connectivity index (χ1n) is 6.84. The smallest absolute Gasteiger partial charge is 0.406 e. The molecule has 1 aliphatic carbocycles. The Kier molecular flexibility index (Phi) is 5.83. The molecule has 4 nitrogen and oxygen atoms in total. The average Bonchev–Trinajstić information content (AvgIpc) is 2.36. The summed E-state index contributed by atoms with van der Waals surface area (Å²) in [5.74, 6) is -3.44. The molecule has 0 aromatic heterocycles. The van der Waals surface area contributed by atoms with Crippen LogP contribution in [0.5, 0.6) is 0 Å². The molecule has 0 radical (unpaired) electrons. The lowest BCUT2D eigenvalue weighted by Gasteiger charge is -2.33. The van der Waals surface area contributed by atoms with Crippen LogP contribution in [0.3, 0.4) is 0 Å². The number of nitrogens with zero attached hydrogens (tertiary/aromatic N) is 1. The molecule has 0 bridgehead atoms. The monoisotopic (exact) mass is 295 g/mol. The average molecular weight is 295 g/mol. The third-order valence-electron chi connectivity index (χ3n) is 3.58. The van der Waals surface area contributed by atoms with Gasteiger partial charge in [-0.1, -0.05) is 19.8 Å². The topological polar surface area (TPSA) is 57.6 Å². The second-order valence-electron chi connectivity index (χ2n) is 5.21. The van der Waals surface area contributed by atoms with E-state index in [1.807, 2.05) is 0 Å². The minimum absolute atomic E-state index is 0.00117. The van der Waals surface area contributed by atoms with Gasteiger partial charge in [-0.3, -0.25) is 9.59 Å². The quantitative estimate of drug-likeness (QED) is 0.848. The second-order valence-corrected chi connectivity index (χ2v) is 5.21. The van der Waals surface area contributed by atoms with Crippen LogP contribution in [-0.2, 0) is 9.59 Å². The largest absolute Gasteiger partial charge is 0.481 e. The van der Waals surface area contributed by atoms with Gasteiger partial charge in [-0.2, -0.15) is 13.2 Å². The van der Waals surface area contributed by atoms with E-state index >= 15 is 0 Å². The van der Waals surface area contributed by atoms with Crippen molar-refractivity contribution in [3.8, 4) is 0 Å². The second kappa shape index (κ2) is 6.95. The molecule has 1 fully saturated rings. The van der Waals surface area contributed by atoms with Gasteiger partial charge >= 0.3 is 12.1 Å². The summed E-state index contributed by atoms with van der Waals surface area (Å²) < 4.78 is 37.5. The van der Waals surface area contributed by atoms with E-state index in [2.05, 4.69) is 0 Å². The first-order valence-corrected chi connectivity index (χ1v) is 6.84. The van der Waals surface area contributed by atoms with Crippen molar-refractivity contribution in [2.24, 2.45) is 11.8 Å². The Labute approximate surface area is 115 Å². The highest BCUT2D eigenvalue weighted by Gasteiger charge is 2.40. The molecular weight excluding hydrogens is 275 g/mol. The van der Waals surface area contributed by atoms with Crippen LogP contribution in [0.15, 0.2) is 0 Å². The number of halogens is 3. The molecule has 0 saturated heterocycles. The van der Waals surface area contributed by atoms with Gasteiger partial charge in [-0.05, 0) is 19.3 Å². The molecule has 0 aromatic rings. The standard InChI is InChI=1S/C13H20F3NO3/c1-2-7-17(8-13(14,15)16)11(18)9-5-3-4-6-10(9)12(19)20/h9-10H,2-8H2,1H3,(H,19,20)/t9-,10+/m1/s1. The van der Waals surface area contributed by atoms with Crippen LogP contribution < -0.4 is 0 Å². The minimum atomic E-state index is -4.46. The maximum absolute atomic E-state index is 12.5. The van der Waals surface area contributed by atoms with Crippen LogP contribution >= 0.6 is 0 Å². The predicted molar refractivity (Wildman–Crippen MR) is 66.0 cm³/mol. The minimum Gasteiger partial charge on any atom is -0.481 e. The lowest BCUT2D eigenvalue weighted by atomic mass is 9.78. The SMILES string of the molecule is CCCN(CC(F)(F)F)C(=O)[C@@H]1CCCC[C@@H]1C(=O)O. The molecule has 0 aromatic carbocycles. The Bertz CT molecular complexity index is 357. The highest BCUT2D eigenvalue weighted by molar-refractivity contribution is 5.85. The van der Waals surface area contributed by atoms with E-state index in [1.165, 1.54) is 0 Å². The van der Waals surface area contributed by atoms with Gasteiger partial charge in [-0.15, -0.1) is 0 Å². The zero-order valence-electron chi connectivity index (χ0n) is 11.4. The summed E-state index contributed by atoms with van der Waals surface area (Å²) >= 11 is 0. The molecule has 116 valence electrons. The number of carboxylic acids is 1. The van der Waals surface area contributed by atoms with Crippen molar-refractivity contribution in [3.63, 3.8) is 0 Å². The third-order valence-corrected chi connectivity index (χ3v) is 3.58. The zero-order valence-corrected chi connectivity index (χ0v) is 11.4. The van der Waals surface area contributed by atoms with E-state index < -0.39 is 36.4 Å². The lowest BCUT2D eigenvalue weighted by molar-refractivity contribution is -0.167. The number of hydrogen-bond acceptors (Lipinski definition) is 2. The number of carbonyl (C=O) groups excluding carboxylic acids is 1. The van der Waals surface area contributed by atoms with Crippen molar-refractivity contribution >= 4 is 11.9 Å². The van der Waals surface area contributed by atoms with E-state index in [0.717, 1.165) is 4.90 Å². The zero-order chi connectivity index (χ0) is 15.3. The third kappa shape index (κ3) is 4.68. The van der Waals surface area contributed by atoms with E-state index in [1.54, 1.807) is 6.92 Å². The van der Waals surface area contributed by atoms with Gasteiger partial charge in [0, 0.05) is 6.54 Å². The molecule has 7 heteroatoms. The molecule has 0 aliphatic heterocycles. The van der Waals surface area contributed by atoms with Crippen LogP contribution in [0.4, 0.5) is 13.2 Å². The Morgan fingerprint density at radius 3 is 2.20 bits per heavy atom. The highest BCUT2D eigenvalue weighted by atomic mass is 19.4. The van der Waals surface area contributed by atoms with Crippen LogP contribution in [0, 0.1) is 11.8 Å². The van der Waals surface area contributed by atoms with E-state index in [9.17, 15) is 22.8 Å². The van der Waals surface area contributed by atoms with Crippen molar-refractivity contribution in [2.45, 2.75) is 45.2 Å². The van der Waals surface area contributed by atoms with Crippen molar-refractivity contribution in [1.82, 2.24) is 4.90 Å². The predicted octanol–water partition coefficient (Wildman–Crippen LogP) is 2.68. The maximum Gasteiger partial charge on any atom is 0.406 e. The molecule has 0 unspecified atom stereocenters. The highest BCUT2D eigenvalue weighted by Crippen LogP contribution is 2.32. The first-order chi connectivity index (χ1) is 9.26. The summed E-state index contributed by atoms with van der Waals surface area (Å²) in [6.07, 6.45) is -1.95.